The van der Waals surface area contributed by atoms with Crippen molar-refractivity contribution >= 4 is 5.91 Å². The minimum atomic E-state index is -0.311. The molecule has 0 aliphatic carbocycles. The smallest absolute Gasteiger partial charge is 0.232 e. The van der Waals surface area contributed by atoms with Gasteiger partial charge in [0, 0.05) is 26.2 Å². The zero-order valence-electron chi connectivity index (χ0n) is 7.42. The number of likely N-dealkylation sites (N-methyl/N-ethyl adjacent to an activating group) is 1. The summed E-state index contributed by atoms with van der Waals surface area (Å²) in [7, 11) is 2.09. The van der Waals surface area contributed by atoms with Crippen LogP contribution in [0.5, 0.6) is 0 Å². The molecule has 5 nitrogen and oxygen atoms in total. The Hall–Kier alpha value is -0.650. The van der Waals surface area contributed by atoms with Gasteiger partial charge in [-0.3, -0.25) is 4.79 Å². The van der Waals surface area contributed by atoms with Crippen molar-refractivity contribution in [1.82, 2.24) is 15.3 Å². The van der Waals surface area contributed by atoms with Crippen molar-refractivity contribution in [1.29, 1.82) is 0 Å². The molecule has 0 unspecified atom stereocenters. The van der Waals surface area contributed by atoms with E-state index in [0.29, 0.717) is 0 Å². The fourth-order valence-electron chi connectivity index (χ4n) is 1.15. The van der Waals surface area contributed by atoms with E-state index in [-0.39, 0.29) is 12.5 Å². The van der Waals surface area contributed by atoms with Crippen molar-refractivity contribution in [3.8, 4) is 0 Å². The number of nitrogens with one attached hydrogen (secondary N) is 1. The Labute approximate surface area is 72.5 Å². The van der Waals surface area contributed by atoms with Crippen molar-refractivity contribution in [2.24, 2.45) is 5.73 Å². The highest BCUT2D eigenvalue weighted by molar-refractivity contribution is 5.75. The summed E-state index contributed by atoms with van der Waals surface area (Å²) in [5, 5.41) is 2.03. The third kappa shape index (κ3) is 3.17. The summed E-state index contributed by atoms with van der Waals surface area (Å²) in [6.45, 7) is 4.20. The largest absolute Gasteiger partial charge is 0.369 e. The van der Waals surface area contributed by atoms with Crippen LogP contribution in [0, 0.1) is 0 Å². The molecule has 0 radical (unpaired) electrons. The van der Waals surface area contributed by atoms with Crippen LogP contribution in [0.4, 0.5) is 0 Å². The summed E-state index contributed by atoms with van der Waals surface area (Å²) in [4.78, 5) is 12.7. The molecule has 0 saturated carbocycles. The van der Waals surface area contributed by atoms with E-state index in [4.69, 9.17) is 5.73 Å². The van der Waals surface area contributed by atoms with Gasteiger partial charge in [-0.25, -0.2) is 10.4 Å². The fraction of sp³-hybridized carbons (Fsp3) is 0.857. The number of carbonyl (C=O) groups excluding carboxylic acids is 1. The van der Waals surface area contributed by atoms with Crippen LogP contribution < -0.4 is 11.2 Å². The van der Waals surface area contributed by atoms with Gasteiger partial charge in [0.05, 0.1) is 6.54 Å². The Balaban J connectivity index is 2.13. The maximum atomic E-state index is 10.4. The molecule has 1 amide bonds. The third-order valence-corrected chi connectivity index (χ3v) is 1.98. The Bertz CT molecular complexity index is 153. The molecule has 0 atom stereocenters. The summed E-state index contributed by atoms with van der Waals surface area (Å²) >= 11 is 0. The summed E-state index contributed by atoms with van der Waals surface area (Å²) in [5.74, 6) is -0.311. The average Bonchev–Trinajstić information content (AvgIpc) is 2.03. The van der Waals surface area contributed by atoms with E-state index in [1.54, 1.807) is 0 Å². The second-order valence-corrected chi connectivity index (χ2v) is 3.09. The Kier molecular flexibility index (Phi) is 3.46. The van der Waals surface area contributed by atoms with Crippen LogP contribution in [-0.4, -0.2) is 55.6 Å². The van der Waals surface area contributed by atoms with Gasteiger partial charge < -0.3 is 10.6 Å². The van der Waals surface area contributed by atoms with Gasteiger partial charge in [0.2, 0.25) is 5.91 Å². The lowest BCUT2D eigenvalue weighted by molar-refractivity contribution is -0.118. The number of hydrazine groups is 1. The lowest BCUT2D eigenvalue weighted by Gasteiger charge is -2.32. The van der Waals surface area contributed by atoms with Crippen LogP contribution in [0.25, 0.3) is 0 Å². The molecule has 0 bridgehead atoms. The van der Waals surface area contributed by atoms with Crippen LogP contribution in [0.15, 0.2) is 0 Å². The molecule has 0 aromatic rings. The van der Waals surface area contributed by atoms with Gasteiger partial charge in [-0.1, -0.05) is 0 Å². The number of nitrogens with zero attached hydrogens (tertiary/aromatic N) is 2. The number of amides is 1. The number of primary amides is 1. The van der Waals surface area contributed by atoms with Gasteiger partial charge in [-0.2, -0.15) is 0 Å². The van der Waals surface area contributed by atoms with Crippen LogP contribution in [-0.2, 0) is 4.79 Å². The highest BCUT2D eigenvalue weighted by Crippen LogP contribution is 1.94. The number of carbonyl (C=O) groups is 1. The van der Waals surface area contributed by atoms with Crippen molar-refractivity contribution in [2.45, 2.75) is 0 Å². The lowest BCUT2D eigenvalue weighted by atomic mass is 10.4. The van der Waals surface area contributed by atoms with E-state index in [0.717, 1.165) is 26.2 Å². The summed E-state index contributed by atoms with van der Waals surface area (Å²) in [6, 6.07) is 0. The quantitative estimate of drug-likeness (QED) is 0.528. The van der Waals surface area contributed by atoms with Gasteiger partial charge in [-0.05, 0) is 7.05 Å². The van der Waals surface area contributed by atoms with Crippen LogP contribution in [0.3, 0.4) is 0 Å². The predicted octanol–water partition coefficient (Wildman–Crippen LogP) is -1.78. The molecule has 5 heteroatoms. The molecule has 12 heavy (non-hydrogen) atoms. The van der Waals surface area contributed by atoms with Crippen LogP contribution in [0.1, 0.15) is 0 Å². The number of nitrogens with two attached hydrogens (primary N) is 1. The minimum absolute atomic E-state index is 0.240. The lowest BCUT2D eigenvalue weighted by Crippen LogP contribution is -2.52. The van der Waals surface area contributed by atoms with Crippen molar-refractivity contribution in [3.63, 3.8) is 0 Å². The minimum Gasteiger partial charge on any atom is -0.369 e. The predicted molar refractivity (Wildman–Crippen MR) is 46.3 cm³/mol. The monoisotopic (exact) mass is 172 g/mol. The van der Waals surface area contributed by atoms with Crippen LogP contribution >= 0.6 is 0 Å². The molecule has 0 aromatic carbocycles. The molecule has 70 valence electrons. The normalized spacial score (nSPS) is 21.1. The fourth-order valence-corrected chi connectivity index (χ4v) is 1.15. The first kappa shape index (κ1) is 9.44. The number of hydrogen-bond donors (Lipinski definition) is 2. The van der Waals surface area contributed by atoms with Gasteiger partial charge in [0.25, 0.3) is 0 Å². The molecule has 0 aromatic heterocycles. The number of piperazine rings is 1. The molecular weight excluding hydrogens is 156 g/mol. The molecule has 1 aliphatic heterocycles. The van der Waals surface area contributed by atoms with Gasteiger partial charge in [0.1, 0.15) is 0 Å². The maximum Gasteiger partial charge on any atom is 0.232 e. The van der Waals surface area contributed by atoms with Crippen molar-refractivity contribution in [2.75, 3.05) is 39.8 Å². The molecule has 0 spiro atoms. The van der Waals surface area contributed by atoms with Crippen molar-refractivity contribution < 1.29 is 4.79 Å². The van der Waals surface area contributed by atoms with E-state index in [9.17, 15) is 4.79 Å². The molecular formula is C7H16N4O. The highest BCUT2D eigenvalue weighted by atomic mass is 16.1. The first-order valence-electron chi connectivity index (χ1n) is 4.14. The second-order valence-electron chi connectivity index (χ2n) is 3.09. The van der Waals surface area contributed by atoms with Gasteiger partial charge in [-0.15, -0.1) is 0 Å². The van der Waals surface area contributed by atoms with Crippen molar-refractivity contribution in [3.05, 3.63) is 0 Å². The summed E-state index contributed by atoms with van der Waals surface area (Å²) < 4.78 is 0. The zero-order chi connectivity index (χ0) is 8.97. The maximum absolute atomic E-state index is 10.4. The van der Waals surface area contributed by atoms with E-state index in [2.05, 4.69) is 17.4 Å². The standard InChI is InChI=1S/C7H16N4O/c1-10-2-4-11(5-3-10)9-6-7(8)12/h9H,2-6H2,1H3,(H2,8,12). The SMILES string of the molecule is CN1CCN(NCC(N)=O)CC1. The van der Waals surface area contributed by atoms with E-state index in [1.165, 1.54) is 0 Å². The van der Waals surface area contributed by atoms with Gasteiger partial charge >= 0.3 is 0 Å². The number of rotatable bonds is 3. The second kappa shape index (κ2) is 4.39. The molecule has 1 saturated heterocycles. The topological polar surface area (TPSA) is 61.6 Å². The molecule has 1 aliphatic rings. The van der Waals surface area contributed by atoms with E-state index in [1.807, 2.05) is 5.01 Å². The average molecular weight is 172 g/mol. The Morgan fingerprint density at radius 1 is 1.42 bits per heavy atom. The molecule has 1 heterocycles. The molecule has 1 rings (SSSR count). The molecule has 1 fully saturated rings. The van der Waals surface area contributed by atoms with E-state index >= 15 is 0 Å². The first-order valence-corrected chi connectivity index (χ1v) is 4.14. The summed E-state index contributed by atoms with van der Waals surface area (Å²) in [6.07, 6.45) is 0. The Morgan fingerprint density at radius 3 is 2.50 bits per heavy atom. The zero-order valence-corrected chi connectivity index (χ0v) is 7.42. The molecule has 3 N–H and O–H groups in total. The summed E-state index contributed by atoms with van der Waals surface area (Å²) in [5.41, 5.74) is 7.97. The van der Waals surface area contributed by atoms with Crippen LogP contribution in [0.2, 0.25) is 0 Å². The first-order chi connectivity index (χ1) is 5.68. The Morgan fingerprint density at radius 2 is 2.00 bits per heavy atom. The van der Waals surface area contributed by atoms with E-state index < -0.39 is 0 Å². The highest BCUT2D eigenvalue weighted by Gasteiger charge is 2.12. The van der Waals surface area contributed by atoms with Gasteiger partial charge in [0.15, 0.2) is 0 Å². The number of hydrogen-bond acceptors (Lipinski definition) is 4. The third-order valence-electron chi connectivity index (χ3n) is 1.98.